The molecule has 0 amide bonds. The summed E-state index contributed by atoms with van der Waals surface area (Å²) in [6.45, 7) is 0. The lowest BCUT2D eigenvalue weighted by Crippen LogP contribution is -1.93. The summed E-state index contributed by atoms with van der Waals surface area (Å²) in [5, 5.41) is 15.8. The van der Waals surface area contributed by atoms with E-state index in [9.17, 15) is 0 Å². The van der Waals surface area contributed by atoms with Crippen LogP contribution in [0.4, 0.5) is 0 Å². The Bertz CT molecular complexity index is 2730. The fourth-order valence-electron chi connectivity index (χ4n) is 7.31. The Morgan fingerprint density at radius 2 is 0.905 bits per heavy atom. The van der Waals surface area contributed by atoms with E-state index in [1.165, 1.54) is 90.8 Å². The highest BCUT2D eigenvalue weighted by Gasteiger charge is 2.19. The van der Waals surface area contributed by atoms with Gasteiger partial charge in [0.15, 0.2) is 0 Å². The van der Waals surface area contributed by atoms with Crippen LogP contribution in [0.1, 0.15) is 0 Å². The summed E-state index contributed by atoms with van der Waals surface area (Å²) in [5.74, 6) is 0. The molecule has 1 nitrogen and oxygen atoms in total. The van der Waals surface area contributed by atoms with Crippen molar-refractivity contribution in [1.29, 1.82) is 0 Å². The third-order valence-corrected chi connectivity index (χ3v) is 10.2. The van der Waals surface area contributed by atoms with Gasteiger partial charge >= 0.3 is 0 Å². The Labute approximate surface area is 245 Å². The molecule has 0 bridgehead atoms. The van der Waals surface area contributed by atoms with Gasteiger partial charge < -0.3 is 4.57 Å². The second-order valence-electron chi connectivity index (χ2n) is 11.3. The van der Waals surface area contributed by atoms with Gasteiger partial charge in [-0.05, 0) is 85.6 Å². The summed E-state index contributed by atoms with van der Waals surface area (Å²) in [5.41, 5.74) is 3.68. The normalized spacial score (nSPS) is 12.3. The summed E-state index contributed by atoms with van der Waals surface area (Å²) in [6, 6.07) is 51.7. The van der Waals surface area contributed by atoms with E-state index in [1.807, 2.05) is 11.3 Å². The van der Waals surface area contributed by atoms with Crippen LogP contribution in [0, 0.1) is 0 Å². The molecule has 0 saturated carbocycles. The van der Waals surface area contributed by atoms with Gasteiger partial charge in [0.2, 0.25) is 0 Å². The SMILES string of the molecule is c1ccc(-n2c3cc4c5ccccc5c5ccccc5c4cc3c3cc4sc5ccc6ccccc6c5c4cc32)cc1. The predicted molar refractivity (Wildman–Crippen MR) is 184 cm³/mol. The number of rotatable bonds is 1. The smallest absolute Gasteiger partial charge is 0.0548 e. The average Bonchev–Trinajstić information content (AvgIpc) is 3.58. The average molecular weight is 550 g/mol. The molecule has 0 radical (unpaired) electrons. The molecular weight excluding hydrogens is 527 g/mol. The fraction of sp³-hybridized carbons (Fsp3) is 0. The van der Waals surface area contributed by atoms with E-state index in [2.05, 4.69) is 144 Å². The van der Waals surface area contributed by atoms with Crippen LogP contribution in [-0.2, 0) is 0 Å². The molecule has 0 spiro atoms. The van der Waals surface area contributed by atoms with Gasteiger partial charge in [0, 0.05) is 36.6 Å². The molecule has 194 valence electrons. The molecule has 0 aliphatic heterocycles. The van der Waals surface area contributed by atoms with E-state index in [1.54, 1.807) is 0 Å². The van der Waals surface area contributed by atoms with Crippen LogP contribution in [0.15, 0.2) is 140 Å². The van der Waals surface area contributed by atoms with Crippen molar-refractivity contribution in [2.24, 2.45) is 0 Å². The number of hydrogen-bond acceptors (Lipinski definition) is 1. The van der Waals surface area contributed by atoms with Crippen molar-refractivity contribution in [3.8, 4) is 5.69 Å². The quantitative estimate of drug-likeness (QED) is 0.179. The number of hydrogen-bond donors (Lipinski definition) is 0. The first-order chi connectivity index (χ1) is 20.8. The zero-order chi connectivity index (χ0) is 27.4. The van der Waals surface area contributed by atoms with Gasteiger partial charge in [-0.3, -0.25) is 0 Å². The van der Waals surface area contributed by atoms with Crippen LogP contribution in [0.3, 0.4) is 0 Å². The molecule has 42 heavy (non-hydrogen) atoms. The van der Waals surface area contributed by atoms with Crippen LogP contribution in [-0.4, -0.2) is 4.57 Å². The molecule has 0 aliphatic carbocycles. The van der Waals surface area contributed by atoms with E-state index < -0.39 is 0 Å². The van der Waals surface area contributed by atoms with Crippen LogP contribution in [0.2, 0.25) is 0 Å². The lowest BCUT2D eigenvalue weighted by molar-refractivity contribution is 1.18. The van der Waals surface area contributed by atoms with E-state index in [-0.39, 0.29) is 0 Å². The maximum atomic E-state index is 2.47. The van der Waals surface area contributed by atoms with Crippen LogP contribution < -0.4 is 0 Å². The van der Waals surface area contributed by atoms with E-state index >= 15 is 0 Å². The maximum Gasteiger partial charge on any atom is 0.0548 e. The van der Waals surface area contributed by atoms with Crippen molar-refractivity contribution in [1.82, 2.24) is 4.57 Å². The van der Waals surface area contributed by atoms with Crippen LogP contribution in [0.25, 0.3) is 90.8 Å². The second kappa shape index (κ2) is 8.19. The van der Waals surface area contributed by atoms with Crippen LogP contribution >= 0.6 is 11.3 Å². The highest BCUT2D eigenvalue weighted by atomic mass is 32.1. The molecule has 0 fully saturated rings. The van der Waals surface area contributed by atoms with Crippen LogP contribution in [0.5, 0.6) is 0 Å². The van der Waals surface area contributed by atoms with Gasteiger partial charge in [0.25, 0.3) is 0 Å². The molecule has 0 saturated heterocycles. The number of benzene rings is 8. The minimum absolute atomic E-state index is 1.19. The standard InChI is InChI=1S/C40H23NS/c1-2-11-25(12-3-1)41-36-21-32-30-17-9-7-15-28(30)27-14-6-8-16-29(27)31(32)20-33(36)34-23-39-35(22-37(34)41)40-26-13-5-4-10-24(26)18-19-38(40)42-39/h1-23H. The number of para-hydroxylation sites is 1. The van der Waals surface area contributed by atoms with Gasteiger partial charge in [0.1, 0.15) is 0 Å². The Kier molecular flexibility index (Phi) is 4.39. The second-order valence-corrected chi connectivity index (χ2v) is 12.4. The molecule has 2 aromatic heterocycles. The van der Waals surface area contributed by atoms with Crippen molar-refractivity contribution >= 4 is 96.4 Å². The van der Waals surface area contributed by atoms with Crippen molar-refractivity contribution in [3.05, 3.63) is 140 Å². The number of aromatic nitrogens is 1. The zero-order valence-corrected chi connectivity index (χ0v) is 23.5. The lowest BCUT2D eigenvalue weighted by Gasteiger charge is -2.12. The summed E-state index contributed by atoms with van der Waals surface area (Å²) in [6.07, 6.45) is 0. The summed E-state index contributed by atoms with van der Waals surface area (Å²) < 4.78 is 5.15. The summed E-state index contributed by atoms with van der Waals surface area (Å²) in [7, 11) is 0. The number of nitrogens with zero attached hydrogens (tertiary/aromatic N) is 1. The van der Waals surface area contributed by atoms with Crippen molar-refractivity contribution < 1.29 is 0 Å². The first kappa shape index (κ1) is 22.5. The first-order valence-electron chi connectivity index (χ1n) is 14.4. The molecule has 2 heterocycles. The Balaban J connectivity index is 1.45. The number of fused-ring (bicyclic) bond motifs is 14. The molecule has 10 rings (SSSR count). The highest BCUT2D eigenvalue weighted by Crippen LogP contribution is 2.45. The maximum absolute atomic E-state index is 2.47. The fourth-order valence-corrected chi connectivity index (χ4v) is 8.45. The minimum Gasteiger partial charge on any atom is -0.309 e. The first-order valence-corrected chi connectivity index (χ1v) is 15.3. The lowest BCUT2D eigenvalue weighted by atomic mass is 9.93. The molecule has 8 aromatic carbocycles. The molecule has 0 N–H and O–H groups in total. The number of thiophene rings is 1. The van der Waals surface area contributed by atoms with E-state index in [0.717, 1.165) is 0 Å². The van der Waals surface area contributed by atoms with Gasteiger partial charge in [0.05, 0.1) is 11.0 Å². The molecule has 0 aliphatic rings. The van der Waals surface area contributed by atoms with E-state index in [4.69, 9.17) is 0 Å². The largest absolute Gasteiger partial charge is 0.309 e. The Morgan fingerprint density at radius 1 is 0.357 bits per heavy atom. The summed E-state index contributed by atoms with van der Waals surface area (Å²) >= 11 is 1.90. The molecular formula is C40H23NS. The monoisotopic (exact) mass is 549 g/mol. The third-order valence-electron chi connectivity index (χ3n) is 9.12. The minimum atomic E-state index is 1.19. The third kappa shape index (κ3) is 2.92. The summed E-state index contributed by atoms with van der Waals surface area (Å²) in [4.78, 5) is 0. The zero-order valence-electron chi connectivity index (χ0n) is 22.6. The van der Waals surface area contributed by atoms with Gasteiger partial charge in [-0.15, -0.1) is 11.3 Å². The molecule has 0 unspecified atom stereocenters. The van der Waals surface area contributed by atoms with Gasteiger partial charge in [-0.1, -0.05) is 97.1 Å². The molecule has 0 atom stereocenters. The Morgan fingerprint density at radius 3 is 1.62 bits per heavy atom. The topological polar surface area (TPSA) is 4.93 Å². The highest BCUT2D eigenvalue weighted by molar-refractivity contribution is 7.26. The van der Waals surface area contributed by atoms with Crippen molar-refractivity contribution in [2.45, 2.75) is 0 Å². The van der Waals surface area contributed by atoms with Gasteiger partial charge in [-0.25, -0.2) is 0 Å². The Hall–Kier alpha value is -5.18. The van der Waals surface area contributed by atoms with Crippen molar-refractivity contribution in [3.63, 3.8) is 0 Å². The van der Waals surface area contributed by atoms with E-state index in [0.29, 0.717) is 0 Å². The molecule has 2 heteroatoms. The predicted octanol–water partition coefficient (Wildman–Crippen LogP) is 11.8. The van der Waals surface area contributed by atoms with Gasteiger partial charge in [-0.2, -0.15) is 0 Å². The van der Waals surface area contributed by atoms with Crippen molar-refractivity contribution in [2.75, 3.05) is 0 Å². The molecule has 10 aromatic rings.